The fourth-order valence-corrected chi connectivity index (χ4v) is 2.63. The van der Waals surface area contributed by atoms with E-state index in [9.17, 15) is 4.79 Å². The third-order valence-corrected chi connectivity index (χ3v) is 4.25. The predicted octanol–water partition coefficient (Wildman–Crippen LogP) is 4.51. The van der Waals surface area contributed by atoms with Gasteiger partial charge in [0.2, 0.25) is 0 Å². The SMILES string of the molecule is CCc1ccc(C(C)NC(=O)C(C)Oc2ccc(C)cc2C)cc1. The summed E-state index contributed by atoms with van der Waals surface area (Å²) < 4.78 is 5.82. The van der Waals surface area contributed by atoms with Gasteiger partial charge >= 0.3 is 0 Å². The number of carbonyl (C=O) groups is 1. The van der Waals surface area contributed by atoms with Crippen molar-refractivity contribution in [3.63, 3.8) is 0 Å². The number of nitrogens with one attached hydrogen (secondary N) is 1. The standard InChI is InChI=1S/C21H27NO2/c1-6-18-8-10-19(11-9-18)16(4)22-21(23)17(5)24-20-12-7-14(2)13-15(20)3/h7-13,16-17H,6H2,1-5H3,(H,22,23). The molecule has 3 nitrogen and oxygen atoms in total. The van der Waals surface area contributed by atoms with Crippen molar-refractivity contribution in [2.75, 3.05) is 0 Å². The van der Waals surface area contributed by atoms with Crippen LogP contribution in [0.1, 0.15) is 49.1 Å². The third kappa shape index (κ3) is 4.60. The van der Waals surface area contributed by atoms with E-state index in [0.717, 1.165) is 23.3 Å². The molecule has 0 aliphatic carbocycles. The molecular weight excluding hydrogens is 298 g/mol. The Morgan fingerprint density at radius 3 is 2.33 bits per heavy atom. The van der Waals surface area contributed by atoms with Crippen LogP contribution in [-0.4, -0.2) is 12.0 Å². The Kier molecular flexibility index (Phi) is 6.02. The summed E-state index contributed by atoms with van der Waals surface area (Å²) in [6, 6.07) is 14.3. The summed E-state index contributed by atoms with van der Waals surface area (Å²) in [5.41, 5.74) is 4.61. The van der Waals surface area contributed by atoms with Crippen LogP contribution in [0.15, 0.2) is 42.5 Å². The molecule has 2 aromatic carbocycles. The number of hydrogen-bond donors (Lipinski definition) is 1. The molecule has 1 amide bonds. The van der Waals surface area contributed by atoms with Gasteiger partial charge in [-0.2, -0.15) is 0 Å². The van der Waals surface area contributed by atoms with Gasteiger partial charge in [0.15, 0.2) is 6.10 Å². The van der Waals surface area contributed by atoms with Crippen LogP contribution in [0.2, 0.25) is 0 Å². The van der Waals surface area contributed by atoms with Gasteiger partial charge in [-0.3, -0.25) is 4.79 Å². The second-order valence-electron chi connectivity index (χ2n) is 6.35. The van der Waals surface area contributed by atoms with Crippen LogP contribution in [0.3, 0.4) is 0 Å². The molecule has 128 valence electrons. The maximum Gasteiger partial charge on any atom is 0.261 e. The van der Waals surface area contributed by atoms with Gasteiger partial charge in [0.1, 0.15) is 5.75 Å². The highest BCUT2D eigenvalue weighted by atomic mass is 16.5. The number of hydrogen-bond acceptors (Lipinski definition) is 2. The molecule has 0 fully saturated rings. The van der Waals surface area contributed by atoms with E-state index in [4.69, 9.17) is 4.74 Å². The van der Waals surface area contributed by atoms with Crippen LogP contribution >= 0.6 is 0 Å². The maximum absolute atomic E-state index is 12.4. The molecule has 3 heteroatoms. The molecule has 2 rings (SSSR count). The second-order valence-corrected chi connectivity index (χ2v) is 6.35. The van der Waals surface area contributed by atoms with Gasteiger partial charge in [-0.15, -0.1) is 0 Å². The molecule has 0 spiro atoms. The topological polar surface area (TPSA) is 38.3 Å². The van der Waals surface area contributed by atoms with Gasteiger partial charge in [0.25, 0.3) is 5.91 Å². The van der Waals surface area contributed by atoms with E-state index in [-0.39, 0.29) is 11.9 Å². The van der Waals surface area contributed by atoms with Gasteiger partial charge < -0.3 is 10.1 Å². The van der Waals surface area contributed by atoms with Crippen molar-refractivity contribution in [1.82, 2.24) is 5.32 Å². The number of aryl methyl sites for hydroxylation is 3. The van der Waals surface area contributed by atoms with E-state index in [1.165, 1.54) is 11.1 Å². The Hall–Kier alpha value is -2.29. The van der Waals surface area contributed by atoms with Crippen molar-refractivity contribution in [2.45, 2.75) is 53.2 Å². The summed E-state index contributed by atoms with van der Waals surface area (Å²) in [6.45, 7) is 9.93. The molecule has 0 aliphatic rings. The number of ether oxygens (including phenoxy) is 1. The molecule has 0 saturated heterocycles. The first-order valence-corrected chi connectivity index (χ1v) is 8.53. The molecule has 0 heterocycles. The van der Waals surface area contributed by atoms with Crippen molar-refractivity contribution < 1.29 is 9.53 Å². The highest BCUT2D eigenvalue weighted by molar-refractivity contribution is 5.81. The highest BCUT2D eigenvalue weighted by Gasteiger charge is 2.18. The van der Waals surface area contributed by atoms with Crippen molar-refractivity contribution in [2.24, 2.45) is 0 Å². The molecule has 0 saturated carbocycles. The number of rotatable bonds is 6. The van der Waals surface area contributed by atoms with Gasteiger partial charge in [-0.05, 0) is 56.9 Å². The highest BCUT2D eigenvalue weighted by Crippen LogP contribution is 2.20. The maximum atomic E-state index is 12.4. The van der Waals surface area contributed by atoms with Crippen LogP contribution in [-0.2, 0) is 11.2 Å². The Labute approximate surface area is 145 Å². The summed E-state index contributed by atoms with van der Waals surface area (Å²) in [5.74, 6) is 0.644. The summed E-state index contributed by atoms with van der Waals surface area (Å²) in [7, 11) is 0. The van der Waals surface area contributed by atoms with Crippen molar-refractivity contribution >= 4 is 5.91 Å². The zero-order valence-electron chi connectivity index (χ0n) is 15.2. The predicted molar refractivity (Wildman–Crippen MR) is 98.4 cm³/mol. The van der Waals surface area contributed by atoms with Gasteiger partial charge in [0, 0.05) is 0 Å². The lowest BCUT2D eigenvalue weighted by Gasteiger charge is -2.20. The first kappa shape index (κ1) is 18.1. The zero-order valence-corrected chi connectivity index (χ0v) is 15.2. The molecular formula is C21H27NO2. The Balaban J connectivity index is 1.97. The Morgan fingerprint density at radius 2 is 1.75 bits per heavy atom. The summed E-state index contributed by atoms with van der Waals surface area (Å²) >= 11 is 0. The van der Waals surface area contributed by atoms with Crippen LogP contribution < -0.4 is 10.1 Å². The van der Waals surface area contributed by atoms with Crippen LogP contribution in [0.5, 0.6) is 5.75 Å². The molecule has 0 bridgehead atoms. The van der Waals surface area contributed by atoms with E-state index in [2.05, 4.69) is 42.6 Å². The number of amides is 1. The summed E-state index contributed by atoms with van der Waals surface area (Å²) in [4.78, 5) is 12.4. The Bertz CT molecular complexity index is 691. The van der Waals surface area contributed by atoms with E-state index in [0.29, 0.717) is 0 Å². The minimum atomic E-state index is -0.538. The van der Waals surface area contributed by atoms with E-state index >= 15 is 0 Å². The minimum Gasteiger partial charge on any atom is -0.481 e. The van der Waals surface area contributed by atoms with Crippen LogP contribution in [0, 0.1) is 13.8 Å². The lowest BCUT2D eigenvalue weighted by Crippen LogP contribution is -2.37. The van der Waals surface area contributed by atoms with Crippen LogP contribution in [0.25, 0.3) is 0 Å². The van der Waals surface area contributed by atoms with Crippen LogP contribution in [0.4, 0.5) is 0 Å². The van der Waals surface area contributed by atoms with Crippen molar-refractivity contribution in [3.05, 3.63) is 64.7 Å². The molecule has 24 heavy (non-hydrogen) atoms. The first-order chi connectivity index (χ1) is 11.4. The monoisotopic (exact) mass is 325 g/mol. The molecule has 2 aromatic rings. The fraction of sp³-hybridized carbons (Fsp3) is 0.381. The molecule has 2 atom stereocenters. The van der Waals surface area contributed by atoms with Crippen molar-refractivity contribution in [1.29, 1.82) is 0 Å². The largest absolute Gasteiger partial charge is 0.481 e. The lowest BCUT2D eigenvalue weighted by atomic mass is 10.0. The molecule has 2 unspecified atom stereocenters. The first-order valence-electron chi connectivity index (χ1n) is 8.53. The molecule has 1 N–H and O–H groups in total. The van der Waals surface area contributed by atoms with E-state index in [1.54, 1.807) is 6.92 Å². The quantitative estimate of drug-likeness (QED) is 0.848. The summed E-state index contributed by atoms with van der Waals surface area (Å²) in [5, 5.41) is 3.02. The normalized spacial score (nSPS) is 13.2. The van der Waals surface area contributed by atoms with E-state index in [1.807, 2.05) is 32.9 Å². The lowest BCUT2D eigenvalue weighted by molar-refractivity contribution is -0.127. The van der Waals surface area contributed by atoms with Crippen molar-refractivity contribution in [3.8, 4) is 5.75 Å². The molecule has 0 aliphatic heterocycles. The number of carbonyl (C=O) groups excluding carboxylic acids is 1. The second kappa shape index (κ2) is 8.00. The van der Waals surface area contributed by atoms with E-state index < -0.39 is 6.10 Å². The molecule has 0 aromatic heterocycles. The average molecular weight is 325 g/mol. The Morgan fingerprint density at radius 1 is 1.08 bits per heavy atom. The molecule has 0 radical (unpaired) electrons. The zero-order chi connectivity index (χ0) is 17.7. The fourth-order valence-electron chi connectivity index (χ4n) is 2.63. The van der Waals surface area contributed by atoms with Gasteiger partial charge in [-0.25, -0.2) is 0 Å². The van der Waals surface area contributed by atoms with Gasteiger partial charge in [-0.1, -0.05) is 48.9 Å². The minimum absolute atomic E-state index is 0.0476. The van der Waals surface area contributed by atoms with Gasteiger partial charge in [0.05, 0.1) is 6.04 Å². The number of benzene rings is 2. The third-order valence-electron chi connectivity index (χ3n) is 4.25. The smallest absolute Gasteiger partial charge is 0.261 e. The average Bonchev–Trinajstić information content (AvgIpc) is 2.57. The summed E-state index contributed by atoms with van der Waals surface area (Å²) in [6.07, 6.45) is 0.477.